The molecular formula is C15H12N4O2. The standard InChI is InChI=1S/C15H12N4O2/c16-11-3-1-2-10(7-11)14(21)19-15-17-12-5-4-9(8-20)6-13(12)18-15/h1-8H,16H2,(H2,17,18,19,21). The first kappa shape index (κ1) is 12.9. The molecule has 0 fully saturated rings. The van der Waals surface area contributed by atoms with Crippen molar-refractivity contribution in [2.75, 3.05) is 11.1 Å². The van der Waals surface area contributed by atoms with Crippen molar-refractivity contribution >= 4 is 34.9 Å². The Morgan fingerprint density at radius 3 is 2.86 bits per heavy atom. The van der Waals surface area contributed by atoms with Crippen LogP contribution in [0.15, 0.2) is 42.5 Å². The summed E-state index contributed by atoms with van der Waals surface area (Å²) in [5.74, 6) is 0.0115. The average molecular weight is 280 g/mol. The van der Waals surface area contributed by atoms with E-state index in [-0.39, 0.29) is 5.91 Å². The molecule has 1 aromatic heterocycles. The number of aromatic nitrogens is 2. The zero-order chi connectivity index (χ0) is 14.8. The van der Waals surface area contributed by atoms with E-state index < -0.39 is 0 Å². The van der Waals surface area contributed by atoms with Gasteiger partial charge in [-0.3, -0.25) is 14.9 Å². The fourth-order valence-electron chi connectivity index (χ4n) is 2.02. The highest BCUT2D eigenvalue weighted by Crippen LogP contribution is 2.16. The molecule has 104 valence electrons. The highest BCUT2D eigenvalue weighted by molar-refractivity contribution is 6.04. The van der Waals surface area contributed by atoms with Gasteiger partial charge in [0.1, 0.15) is 6.29 Å². The van der Waals surface area contributed by atoms with Gasteiger partial charge in [-0.15, -0.1) is 0 Å². The molecular weight excluding hydrogens is 268 g/mol. The fraction of sp³-hybridized carbons (Fsp3) is 0. The molecule has 0 saturated carbocycles. The molecule has 0 saturated heterocycles. The predicted molar refractivity (Wildman–Crippen MR) is 80.3 cm³/mol. The number of imidazole rings is 1. The van der Waals surface area contributed by atoms with E-state index in [1.807, 2.05) is 0 Å². The van der Waals surface area contributed by atoms with Gasteiger partial charge in [0, 0.05) is 16.8 Å². The van der Waals surface area contributed by atoms with E-state index in [2.05, 4.69) is 15.3 Å². The summed E-state index contributed by atoms with van der Waals surface area (Å²) in [6.45, 7) is 0. The van der Waals surface area contributed by atoms with Gasteiger partial charge >= 0.3 is 0 Å². The van der Waals surface area contributed by atoms with Crippen LogP contribution in [0.4, 0.5) is 11.6 Å². The lowest BCUT2D eigenvalue weighted by Crippen LogP contribution is -2.13. The SMILES string of the molecule is Nc1cccc(C(=O)Nc2nc3ccc(C=O)cc3[nH]2)c1. The van der Waals surface area contributed by atoms with E-state index in [0.717, 1.165) is 6.29 Å². The van der Waals surface area contributed by atoms with Crippen molar-refractivity contribution in [2.24, 2.45) is 0 Å². The number of amides is 1. The number of nitrogens with zero attached hydrogens (tertiary/aromatic N) is 1. The molecule has 3 aromatic rings. The molecule has 3 rings (SSSR count). The first-order valence-electron chi connectivity index (χ1n) is 6.27. The first-order valence-corrected chi connectivity index (χ1v) is 6.27. The number of anilines is 2. The molecule has 0 aliphatic rings. The van der Waals surface area contributed by atoms with Crippen molar-refractivity contribution in [2.45, 2.75) is 0 Å². The van der Waals surface area contributed by atoms with Gasteiger partial charge in [0.05, 0.1) is 11.0 Å². The lowest BCUT2D eigenvalue weighted by Gasteiger charge is -2.02. The smallest absolute Gasteiger partial charge is 0.258 e. The maximum absolute atomic E-state index is 12.1. The number of carbonyl (C=O) groups excluding carboxylic acids is 2. The van der Waals surface area contributed by atoms with Crippen molar-refractivity contribution in [1.82, 2.24) is 9.97 Å². The minimum absolute atomic E-state index is 0.308. The van der Waals surface area contributed by atoms with Crippen LogP contribution in [0.25, 0.3) is 11.0 Å². The monoisotopic (exact) mass is 280 g/mol. The average Bonchev–Trinajstić information content (AvgIpc) is 2.88. The second-order valence-corrected chi connectivity index (χ2v) is 4.56. The third kappa shape index (κ3) is 2.59. The Hall–Kier alpha value is -3.15. The number of nitrogens with one attached hydrogen (secondary N) is 2. The largest absolute Gasteiger partial charge is 0.399 e. The number of aromatic amines is 1. The van der Waals surface area contributed by atoms with Crippen LogP contribution in [-0.2, 0) is 0 Å². The fourth-order valence-corrected chi connectivity index (χ4v) is 2.02. The Morgan fingerprint density at radius 2 is 2.10 bits per heavy atom. The summed E-state index contributed by atoms with van der Waals surface area (Å²) < 4.78 is 0. The molecule has 21 heavy (non-hydrogen) atoms. The lowest BCUT2D eigenvalue weighted by molar-refractivity contribution is 0.102. The molecule has 0 aliphatic heterocycles. The molecule has 1 heterocycles. The second-order valence-electron chi connectivity index (χ2n) is 4.56. The summed E-state index contributed by atoms with van der Waals surface area (Å²) in [5.41, 5.74) is 8.51. The van der Waals surface area contributed by atoms with Gasteiger partial charge in [0.2, 0.25) is 5.95 Å². The number of nitrogen functional groups attached to an aromatic ring is 1. The van der Waals surface area contributed by atoms with Crippen molar-refractivity contribution < 1.29 is 9.59 Å². The highest BCUT2D eigenvalue weighted by Gasteiger charge is 2.09. The number of hydrogen-bond donors (Lipinski definition) is 3. The van der Waals surface area contributed by atoms with E-state index in [4.69, 9.17) is 5.73 Å². The van der Waals surface area contributed by atoms with Gasteiger partial charge in [-0.2, -0.15) is 0 Å². The molecule has 0 atom stereocenters. The second kappa shape index (κ2) is 5.09. The molecule has 6 heteroatoms. The van der Waals surface area contributed by atoms with Crippen LogP contribution in [0.5, 0.6) is 0 Å². The van der Waals surface area contributed by atoms with Crippen LogP contribution in [-0.4, -0.2) is 22.2 Å². The quantitative estimate of drug-likeness (QED) is 0.505. The summed E-state index contributed by atoms with van der Waals surface area (Å²) in [5, 5.41) is 2.66. The van der Waals surface area contributed by atoms with Crippen molar-refractivity contribution in [3.63, 3.8) is 0 Å². The van der Waals surface area contributed by atoms with Crippen LogP contribution >= 0.6 is 0 Å². The Bertz CT molecular complexity index is 839. The van der Waals surface area contributed by atoms with Gasteiger partial charge in [-0.1, -0.05) is 6.07 Å². The number of aldehydes is 1. The molecule has 0 radical (unpaired) electrons. The molecule has 0 spiro atoms. The number of hydrogen-bond acceptors (Lipinski definition) is 4. The molecule has 0 bridgehead atoms. The molecule has 0 unspecified atom stereocenters. The van der Waals surface area contributed by atoms with Crippen molar-refractivity contribution in [3.8, 4) is 0 Å². The minimum atomic E-state index is -0.308. The van der Waals surface area contributed by atoms with Gasteiger partial charge in [-0.05, 0) is 36.4 Å². The zero-order valence-electron chi connectivity index (χ0n) is 11.0. The van der Waals surface area contributed by atoms with E-state index in [1.54, 1.807) is 42.5 Å². The lowest BCUT2D eigenvalue weighted by atomic mass is 10.2. The molecule has 2 aromatic carbocycles. The Kier molecular flexibility index (Phi) is 3.12. The van der Waals surface area contributed by atoms with Gasteiger partial charge in [0.15, 0.2) is 0 Å². The number of carbonyl (C=O) groups is 2. The van der Waals surface area contributed by atoms with Crippen molar-refractivity contribution in [1.29, 1.82) is 0 Å². The minimum Gasteiger partial charge on any atom is -0.399 e. The molecule has 6 nitrogen and oxygen atoms in total. The number of rotatable bonds is 3. The summed E-state index contributed by atoms with van der Waals surface area (Å²) >= 11 is 0. The number of fused-ring (bicyclic) bond motifs is 1. The van der Waals surface area contributed by atoms with Crippen LogP contribution in [0.1, 0.15) is 20.7 Å². The Balaban J connectivity index is 1.87. The third-order valence-corrected chi connectivity index (χ3v) is 3.02. The van der Waals surface area contributed by atoms with Crippen LogP contribution in [0.2, 0.25) is 0 Å². The number of benzene rings is 2. The third-order valence-electron chi connectivity index (χ3n) is 3.02. The van der Waals surface area contributed by atoms with Crippen LogP contribution < -0.4 is 11.1 Å². The van der Waals surface area contributed by atoms with Gasteiger partial charge in [-0.25, -0.2) is 4.98 Å². The maximum atomic E-state index is 12.1. The topological polar surface area (TPSA) is 101 Å². The molecule has 0 aliphatic carbocycles. The van der Waals surface area contributed by atoms with Crippen LogP contribution in [0.3, 0.4) is 0 Å². The Morgan fingerprint density at radius 1 is 1.24 bits per heavy atom. The highest BCUT2D eigenvalue weighted by atomic mass is 16.1. The van der Waals surface area contributed by atoms with Gasteiger partial charge < -0.3 is 10.7 Å². The number of nitrogens with two attached hydrogens (primary N) is 1. The Labute approximate surface area is 120 Å². The van der Waals surface area contributed by atoms with E-state index in [9.17, 15) is 9.59 Å². The van der Waals surface area contributed by atoms with E-state index in [1.165, 1.54) is 0 Å². The predicted octanol–water partition coefficient (Wildman–Crippen LogP) is 2.21. The zero-order valence-corrected chi connectivity index (χ0v) is 11.0. The van der Waals surface area contributed by atoms with E-state index in [0.29, 0.717) is 33.8 Å². The van der Waals surface area contributed by atoms with E-state index >= 15 is 0 Å². The van der Waals surface area contributed by atoms with Gasteiger partial charge in [0.25, 0.3) is 5.91 Å². The summed E-state index contributed by atoms with van der Waals surface area (Å²) in [7, 11) is 0. The maximum Gasteiger partial charge on any atom is 0.258 e. The molecule has 4 N–H and O–H groups in total. The molecule has 1 amide bonds. The summed E-state index contributed by atoms with van der Waals surface area (Å²) in [4.78, 5) is 30.0. The van der Waals surface area contributed by atoms with Crippen LogP contribution in [0, 0.1) is 0 Å². The normalized spacial score (nSPS) is 10.5. The summed E-state index contributed by atoms with van der Waals surface area (Å²) in [6, 6.07) is 11.7. The first-order chi connectivity index (χ1) is 10.2. The number of H-pyrrole nitrogens is 1. The summed E-state index contributed by atoms with van der Waals surface area (Å²) in [6.07, 6.45) is 0.755. The van der Waals surface area contributed by atoms with Crippen molar-refractivity contribution in [3.05, 3.63) is 53.6 Å².